The Morgan fingerprint density at radius 2 is 1.86 bits per heavy atom. The zero-order valence-corrected chi connectivity index (χ0v) is 13.1. The molecule has 1 unspecified atom stereocenters. The summed E-state index contributed by atoms with van der Waals surface area (Å²) in [6.07, 6.45) is 0. The number of hydrogen-bond donors (Lipinski definition) is 2. The number of nitrogens with zero attached hydrogens (tertiary/aromatic N) is 1. The molecule has 0 aliphatic carbocycles. The van der Waals surface area contributed by atoms with Crippen molar-refractivity contribution in [3.63, 3.8) is 0 Å². The van der Waals surface area contributed by atoms with Crippen molar-refractivity contribution < 1.29 is 4.79 Å². The van der Waals surface area contributed by atoms with Crippen molar-refractivity contribution in [2.45, 2.75) is 18.7 Å². The van der Waals surface area contributed by atoms with Crippen LogP contribution < -0.4 is 10.7 Å². The molecule has 0 aromatic heterocycles. The monoisotopic (exact) mass is 309 g/mol. The first-order chi connectivity index (χ1) is 10.6. The van der Waals surface area contributed by atoms with Crippen LogP contribution in [0.5, 0.6) is 0 Å². The average molecular weight is 309 g/mol. The van der Waals surface area contributed by atoms with Crippen molar-refractivity contribution in [3.8, 4) is 0 Å². The van der Waals surface area contributed by atoms with Gasteiger partial charge in [0, 0.05) is 11.1 Å². The summed E-state index contributed by atoms with van der Waals surface area (Å²) in [5.74, 6) is -0.0594. The van der Waals surface area contributed by atoms with E-state index in [0.717, 1.165) is 27.4 Å². The van der Waals surface area contributed by atoms with Gasteiger partial charge in [-0.05, 0) is 25.0 Å². The number of hydrogen-bond acceptors (Lipinski definition) is 4. The maximum atomic E-state index is 12.6. The fraction of sp³-hybridized carbons (Fsp3) is 0.176. The average Bonchev–Trinajstić information content (AvgIpc) is 3.09. The minimum Gasteiger partial charge on any atom is -0.322 e. The standard InChI is InChI=1S/C17H15N3OS/c1-10-8-9-13-14(11(10)2)18-16(21)17(13)20-19-15(22-17)12-6-4-3-5-7-12/h3-9,20H,1-2H3,(H,18,21). The van der Waals surface area contributed by atoms with Crippen LogP contribution in [0.15, 0.2) is 47.6 Å². The van der Waals surface area contributed by atoms with Crippen LogP contribution in [0, 0.1) is 13.8 Å². The van der Waals surface area contributed by atoms with Gasteiger partial charge in [-0.25, -0.2) is 0 Å². The molecule has 0 bridgehead atoms. The first-order valence-electron chi connectivity index (χ1n) is 7.13. The molecule has 0 saturated heterocycles. The van der Waals surface area contributed by atoms with Crippen molar-refractivity contribution in [2.75, 3.05) is 5.32 Å². The zero-order chi connectivity index (χ0) is 15.3. The maximum Gasteiger partial charge on any atom is 0.267 e. The normalized spacial score (nSPS) is 22.3. The lowest BCUT2D eigenvalue weighted by Crippen LogP contribution is -2.39. The largest absolute Gasteiger partial charge is 0.322 e. The first-order valence-corrected chi connectivity index (χ1v) is 7.95. The SMILES string of the molecule is Cc1ccc2c(c1C)NC(=O)C21NN=C(c2ccccc2)S1. The number of fused-ring (bicyclic) bond motifs is 2. The molecule has 0 radical (unpaired) electrons. The number of aryl methyl sites for hydroxylation is 1. The summed E-state index contributed by atoms with van der Waals surface area (Å²) >= 11 is 1.47. The van der Waals surface area contributed by atoms with Crippen LogP contribution in [0.25, 0.3) is 0 Å². The lowest BCUT2D eigenvalue weighted by molar-refractivity contribution is -0.118. The second-order valence-corrected chi connectivity index (χ2v) is 6.77. The minimum atomic E-state index is -0.848. The molecule has 0 saturated carbocycles. The Hall–Kier alpha value is -2.27. The van der Waals surface area contributed by atoms with Gasteiger partial charge in [0.1, 0.15) is 5.04 Å². The summed E-state index contributed by atoms with van der Waals surface area (Å²) in [6.45, 7) is 4.08. The molecule has 5 heteroatoms. The fourth-order valence-corrected chi connectivity index (χ4v) is 3.98. The molecule has 0 fully saturated rings. The molecule has 2 aromatic rings. The molecule has 110 valence electrons. The summed E-state index contributed by atoms with van der Waals surface area (Å²) in [5.41, 5.74) is 8.24. The molecule has 22 heavy (non-hydrogen) atoms. The number of rotatable bonds is 1. The van der Waals surface area contributed by atoms with Gasteiger partial charge < -0.3 is 5.32 Å². The summed E-state index contributed by atoms with van der Waals surface area (Å²) in [7, 11) is 0. The van der Waals surface area contributed by atoms with Crippen LogP contribution in [-0.4, -0.2) is 11.0 Å². The Labute approximate surface area is 133 Å². The number of carbonyl (C=O) groups excluding carboxylic acids is 1. The van der Waals surface area contributed by atoms with Gasteiger partial charge in [-0.15, -0.1) is 0 Å². The van der Waals surface area contributed by atoms with E-state index in [1.807, 2.05) is 50.2 Å². The Bertz CT molecular complexity index is 816. The molecule has 2 aliphatic rings. The zero-order valence-electron chi connectivity index (χ0n) is 12.3. The Morgan fingerprint density at radius 1 is 1.09 bits per heavy atom. The Kier molecular flexibility index (Phi) is 2.81. The summed E-state index contributed by atoms with van der Waals surface area (Å²) in [5, 5.41) is 8.26. The van der Waals surface area contributed by atoms with E-state index in [1.54, 1.807) is 0 Å². The van der Waals surface area contributed by atoms with E-state index >= 15 is 0 Å². The highest BCUT2D eigenvalue weighted by molar-refractivity contribution is 8.16. The van der Waals surface area contributed by atoms with Crippen molar-refractivity contribution in [3.05, 3.63) is 64.7 Å². The molecule has 2 heterocycles. The Balaban J connectivity index is 1.77. The van der Waals surface area contributed by atoms with E-state index < -0.39 is 4.87 Å². The summed E-state index contributed by atoms with van der Waals surface area (Å²) in [4.78, 5) is 11.8. The van der Waals surface area contributed by atoms with Gasteiger partial charge in [0.2, 0.25) is 4.87 Å². The van der Waals surface area contributed by atoms with E-state index in [2.05, 4.69) is 21.9 Å². The fourth-order valence-electron chi connectivity index (χ4n) is 2.83. The highest BCUT2D eigenvalue weighted by atomic mass is 32.2. The third kappa shape index (κ3) is 1.72. The molecule has 2 aromatic carbocycles. The lowest BCUT2D eigenvalue weighted by Gasteiger charge is -2.20. The molecule has 1 spiro atoms. The van der Waals surface area contributed by atoms with E-state index in [0.29, 0.717) is 0 Å². The third-order valence-electron chi connectivity index (χ3n) is 4.26. The molecule has 4 rings (SSSR count). The Morgan fingerprint density at radius 3 is 2.64 bits per heavy atom. The third-order valence-corrected chi connectivity index (χ3v) is 5.58. The molecule has 1 amide bonds. The molecule has 1 atom stereocenters. The van der Waals surface area contributed by atoms with Crippen molar-refractivity contribution >= 4 is 28.4 Å². The predicted molar refractivity (Wildman–Crippen MR) is 89.9 cm³/mol. The first kappa shape index (κ1) is 13.4. The maximum absolute atomic E-state index is 12.6. The number of hydrazone groups is 1. The van der Waals surface area contributed by atoms with E-state index in [9.17, 15) is 4.79 Å². The topological polar surface area (TPSA) is 53.5 Å². The lowest BCUT2D eigenvalue weighted by atomic mass is 10.0. The molecular formula is C17H15N3OS. The molecule has 4 nitrogen and oxygen atoms in total. The van der Waals surface area contributed by atoms with Crippen LogP contribution in [0.4, 0.5) is 5.69 Å². The number of anilines is 1. The second kappa shape index (κ2) is 4.61. The number of carbonyl (C=O) groups is 1. The predicted octanol–water partition coefficient (Wildman–Crippen LogP) is 3.11. The molecule has 2 aliphatic heterocycles. The van der Waals surface area contributed by atoms with Gasteiger partial charge >= 0.3 is 0 Å². The van der Waals surface area contributed by atoms with E-state index in [4.69, 9.17) is 0 Å². The second-order valence-electron chi connectivity index (χ2n) is 5.56. The van der Waals surface area contributed by atoms with Gasteiger partial charge in [-0.3, -0.25) is 10.2 Å². The van der Waals surface area contributed by atoms with Crippen LogP contribution in [0.3, 0.4) is 0 Å². The van der Waals surface area contributed by atoms with Gasteiger partial charge in [-0.1, -0.05) is 54.2 Å². The number of benzene rings is 2. The van der Waals surface area contributed by atoms with Gasteiger partial charge in [0.25, 0.3) is 5.91 Å². The van der Waals surface area contributed by atoms with Crippen molar-refractivity contribution in [1.82, 2.24) is 5.43 Å². The smallest absolute Gasteiger partial charge is 0.267 e. The number of thioether (sulfide) groups is 1. The van der Waals surface area contributed by atoms with Crippen LogP contribution in [0.1, 0.15) is 22.3 Å². The van der Waals surface area contributed by atoms with Gasteiger partial charge in [0.15, 0.2) is 0 Å². The van der Waals surface area contributed by atoms with Crippen LogP contribution in [0.2, 0.25) is 0 Å². The number of nitrogens with one attached hydrogen (secondary N) is 2. The highest BCUT2D eigenvalue weighted by Crippen LogP contribution is 2.49. The quantitative estimate of drug-likeness (QED) is 0.851. The van der Waals surface area contributed by atoms with Crippen molar-refractivity contribution in [1.29, 1.82) is 0 Å². The number of amides is 1. The van der Waals surface area contributed by atoms with Gasteiger partial charge in [0.05, 0.1) is 5.69 Å². The van der Waals surface area contributed by atoms with E-state index in [-0.39, 0.29) is 5.91 Å². The molecular weight excluding hydrogens is 294 g/mol. The van der Waals surface area contributed by atoms with Crippen LogP contribution in [-0.2, 0) is 9.67 Å². The van der Waals surface area contributed by atoms with E-state index in [1.165, 1.54) is 17.3 Å². The van der Waals surface area contributed by atoms with Gasteiger partial charge in [-0.2, -0.15) is 5.10 Å². The van der Waals surface area contributed by atoms with Crippen LogP contribution >= 0.6 is 11.8 Å². The summed E-state index contributed by atoms with van der Waals surface area (Å²) < 4.78 is 0. The van der Waals surface area contributed by atoms with Crippen molar-refractivity contribution in [2.24, 2.45) is 5.10 Å². The highest BCUT2D eigenvalue weighted by Gasteiger charge is 2.52. The minimum absolute atomic E-state index is 0.0594. The summed E-state index contributed by atoms with van der Waals surface area (Å²) in [6, 6.07) is 14.0. The molecule has 2 N–H and O–H groups in total.